The molecule has 3 aromatic rings. The van der Waals surface area contributed by atoms with E-state index in [1.165, 1.54) is 12.1 Å². The van der Waals surface area contributed by atoms with Gasteiger partial charge in [0.1, 0.15) is 17.3 Å². The zero-order chi connectivity index (χ0) is 19.9. The quantitative estimate of drug-likeness (QED) is 0.419. The van der Waals surface area contributed by atoms with Crippen LogP contribution in [0.2, 0.25) is 0 Å². The van der Waals surface area contributed by atoms with Crippen LogP contribution in [0.3, 0.4) is 0 Å². The summed E-state index contributed by atoms with van der Waals surface area (Å²) in [5.74, 6) is -0.652. The number of amidine groups is 1. The number of aromatic hydroxyl groups is 2. The number of aryl methyl sites for hydroxylation is 1. The molecule has 27 heavy (non-hydrogen) atoms. The number of nitrogens with two attached hydrogens (primary N) is 1. The maximum absolute atomic E-state index is 12.1. The first-order valence-corrected chi connectivity index (χ1v) is 8.50. The highest BCUT2D eigenvalue weighted by Gasteiger charge is 2.24. The summed E-state index contributed by atoms with van der Waals surface area (Å²) in [6, 6.07) is 9.04. The number of amides is 2. The van der Waals surface area contributed by atoms with Gasteiger partial charge in [-0.3, -0.25) is 5.41 Å². The monoisotopic (exact) mass is 366 g/mol. The maximum Gasteiger partial charge on any atom is 0.325 e. The smallest absolute Gasteiger partial charge is 0.325 e. The average Bonchev–Trinajstić information content (AvgIpc) is 2.95. The number of phenols is 2. The molecule has 0 saturated heterocycles. The van der Waals surface area contributed by atoms with Crippen molar-refractivity contribution in [1.82, 2.24) is 4.57 Å². The van der Waals surface area contributed by atoms with Gasteiger partial charge in [0.25, 0.3) is 0 Å². The standard InChI is InChI=1S/C20H22N4O3/c1-11(2)14-9-15(18(26)10-17(14)25)19(21)24(20(22)27)13-4-5-16-12(8-13)6-7-23(16)3/h4-11,21,25-26H,1-3H3,(H2,22,27). The molecule has 2 aromatic carbocycles. The SMILES string of the molecule is CC(C)c1cc(C(=N)N(C(N)=O)c2ccc3c(ccn3C)c2)c(O)cc1O. The first-order valence-electron chi connectivity index (χ1n) is 8.50. The van der Waals surface area contributed by atoms with Crippen LogP contribution in [0.4, 0.5) is 10.5 Å². The first kappa shape index (κ1) is 18.3. The largest absolute Gasteiger partial charge is 0.508 e. The van der Waals surface area contributed by atoms with Crippen molar-refractivity contribution in [3.63, 3.8) is 0 Å². The number of benzene rings is 2. The van der Waals surface area contributed by atoms with Crippen molar-refractivity contribution in [2.24, 2.45) is 12.8 Å². The molecule has 5 N–H and O–H groups in total. The van der Waals surface area contributed by atoms with Crippen molar-refractivity contribution in [1.29, 1.82) is 5.41 Å². The Bertz CT molecular complexity index is 1050. The molecule has 0 aliphatic heterocycles. The zero-order valence-electron chi connectivity index (χ0n) is 15.4. The lowest BCUT2D eigenvalue weighted by Crippen LogP contribution is -2.41. The molecule has 0 aliphatic carbocycles. The number of hydrogen-bond acceptors (Lipinski definition) is 4. The van der Waals surface area contributed by atoms with Crippen molar-refractivity contribution in [3.05, 3.63) is 53.7 Å². The molecule has 0 fully saturated rings. The molecule has 7 nitrogen and oxygen atoms in total. The van der Waals surface area contributed by atoms with E-state index in [1.807, 2.05) is 43.8 Å². The number of rotatable bonds is 3. The number of carbonyl (C=O) groups excluding carboxylic acids is 1. The fourth-order valence-electron chi connectivity index (χ4n) is 3.14. The van der Waals surface area contributed by atoms with Crippen LogP contribution < -0.4 is 10.6 Å². The second-order valence-electron chi connectivity index (χ2n) is 6.77. The Balaban J connectivity index is 2.10. The number of anilines is 1. The third kappa shape index (κ3) is 3.19. The van der Waals surface area contributed by atoms with Crippen molar-refractivity contribution in [2.75, 3.05) is 4.90 Å². The summed E-state index contributed by atoms with van der Waals surface area (Å²) in [4.78, 5) is 13.2. The first-order chi connectivity index (χ1) is 12.7. The second-order valence-corrected chi connectivity index (χ2v) is 6.77. The zero-order valence-corrected chi connectivity index (χ0v) is 15.4. The number of aromatic nitrogens is 1. The molecule has 0 atom stereocenters. The van der Waals surface area contributed by atoms with E-state index in [0.29, 0.717) is 11.3 Å². The molecule has 7 heteroatoms. The van der Waals surface area contributed by atoms with Gasteiger partial charge in [0.15, 0.2) is 0 Å². The molecule has 0 unspecified atom stereocenters. The van der Waals surface area contributed by atoms with Crippen molar-refractivity contribution >= 4 is 28.5 Å². The highest BCUT2D eigenvalue weighted by Crippen LogP contribution is 2.34. The molecule has 140 valence electrons. The summed E-state index contributed by atoms with van der Waals surface area (Å²) >= 11 is 0. The number of urea groups is 1. The van der Waals surface area contributed by atoms with Crippen molar-refractivity contribution < 1.29 is 15.0 Å². The van der Waals surface area contributed by atoms with E-state index < -0.39 is 6.03 Å². The maximum atomic E-state index is 12.1. The third-order valence-electron chi connectivity index (χ3n) is 4.59. The Morgan fingerprint density at radius 2 is 1.85 bits per heavy atom. The molecular formula is C20H22N4O3. The lowest BCUT2D eigenvalue weighted by Gasteiger charge is -2.23. The summed E-state index contributed by atoms with van der Waals surface area (Å²) in [5, 5.41) is 29.6. The fraction of sp³-hybridized carbons (Fsp3) is 0.200. The third-order valence-corrected chi connectivity index (χ3v) is 4.59. The summed E-state index contributed by atoms with van der Waals surface area (Å²) in [6.45, 7) is 3.77. The average molecular weight is 366 g/mol. The van der Waals surface area contributed by atoms with Crippen LogP contribution in [0.1, 0.15) is 30.9 Å². The Morgan fingerprint density at radius 3 is 2.48 bits per heavy atom. The lowest BCUT2D eigenvalue weighted by molar-refractivity contribution is 0.256. The van der Waals surface area contributed by atoms with E-state index in [2.05, 4.69) is 0 Å². The molecule has 0 aliphatic rings. The number of fused-ring (bicyclic) bond motifs is 1. The molecule has 2 amide bonds. The number of nitrogens with zero attached hydrogens (tertiary/aromatic N) is 2. The predicted octanol–water partition coefficient (Wildman–Crippen LogP) is 3.62. The summed E-state index contributed by atoms with van der Waals surface area (Å²) < 4.78 is 1.94. The minimum atomic E-state index is -0.839. The summed E-state index contributed by atoms with van der Waals surface area (Å²) in [7, 11) is 1.91. The molecule has 3 rings (SSSR count). The van der Waals surface area contributed by atoms with Gasteiger partial charge in [0.2, 0.25) is 0 Å². The Hall–Kier alpha value is -3.48. The highest BCUT2D eigenvalue weighted by atomic mass is 16.3. The van der Waals surface area contributed by atoms with Crippen LogP contribution >= 0.6 is 0 Å². The van der Waals surface area contributed by atoms with E-state index in [-0.39, 0.29) is 28.8 Å². The van der Waals surface area contributed by atoms with Gasteiger partial charge in [-0.15, -0.1) is 0 Å². The van der Waals surface area contributed by atoms with Crippen LogP contribution in [0.5, 0.6) is 11.5 Å². The van der Waals surface area contributed by atoms with Crippen LogP contribution in [-0.2, 0) is 7.05 Å². The van der Waals surface area contributed by atoms with E-state index in [4.69, 9.17) is 11.1 Å². The van der Waals surface area contributed by atoms with E-state index in [0.717, 1.165) is 15.8 Å². The van der Waals surface area contributed by atoms with Gasteiger partial charge in [0, 0.05) is 30.2 Å². The molecule has 0 radical (unpaired) electrons. The van der Waals surface area contributed by atoms with Gasteiger partial charge in [-0.25, -0.2) is 9.69 Å². The van der Waals surface area contributed by atoms with Crippen LogP contribution in [0.25, 0.3) is 10.9 Å². The number of hydrogen-bond donors (Lipinski definition) is 4. The number of nitrogens with one attached hydrogen (secondary N) is 1. The summed E-state index contributed by atoms with van der Waals surface area (Å²) in [5.41, 5.74) is 7.62. The van der Waals surface area contributed by atoms with Gasteiger partial charge < -0.3 is 20.5 Å². The second kappa shape index (κ2) is 6.68. The van der Waals surface area contributed by atoms with E-state index >= 15 is 0 Å². The Labute approximate surface area is 156 Å². The normalized spacial score (nSPS) is 11.1. The fourth-order valence-corrected chi connectivity index (χ4v) is 3.14. The highest BCUT2D eigenvalue weighted by molar-refractivity contribution is 6.22. The Morgan fingerprint density at radius 1 is 1.15 bits per heavy atom. The summed E-state index contributed by atoms with van der Waals surface area (Å²) in [6.07, 6.45) is 1.90. The van der Waals surface area contributed by atoms with E-state index in [1.54, 1.807) is 12.1 Å². The molecular weight excluding hydrogens is 344 g/mol. The molecule has 0 bridgehead atoms. The topological polar surface area (TPSA) is 116 Å². The molecule has 0 spiro atoms. The minimum absolute atomic E-state index is 0.0279. The van der Waals surface area contributed by atoms with E-state index in [9.17, 15) is 15.0 Å². The van der Waals surface area contributed by atoms with Gasteiger partial charge in [0.05, 0.1) is 11.3 Å². The van der Waals surface area contributed by atoms with Gasteiger partial charge in [-0.1, -0.05) is 13.8 Å². The van der Waals surface area contributed by atoms with Crippen molar-refractivity contribution in [3.8, 4) is 11.5 Å². The molecule has 1 aromatic heterocycles. The van der Waals surface area contributed by atoms with Gasteiger partial charge in [-0.2, -0.15) is 0 Å². The van der Waals surface area contributed by atoms with Gasteiger partial charge in [-0.05, 0) is 41.8 Å². The van der Waals surface area contributed by atoms with Crippen molar-refractivity contribution in [2.45, 2.75) is 19.8 Å². The Kier molecular flexibility index (Phi) is 4.53. The predicted molar refractivity (Wildman–Crippen MR) is 106 cm³/mol. The number of primary amides is 1. The van der Waals surface area contributed by atoms with Crippen LogP contribution in [0.15, 0.2) is 42.6 Å². The molecule has 1 heterocycles. The number of phenolic OH excluding ortho intramolecular Hbond substituents is 2. The minimum Gasteiger partial charge on any atom is -0.508 e. The molecule has 0 saturated carbocycles. The number of carbonyl (C=O) groups is 1. The lowest BCUT2D eigenvalue weighted by atomic mass is 9.98. The van der Waals surface area contributed by atoms with Crippen LogP contribution in [0, 0.1) is 5.41 Å². The van der Waals surface area contributed by atoms with Gasteiger partial charge >= 0.3 is 6.03 Å². The van der Waals surface area contributed by atoms with Crippen LogP contribution in [-0.4, -0.2) is 26.6 Å².